The number of hydrogen-bond acceptors (Lipinski definition) is 1. The molecule has 1 aliphatic rings. The molecule has 0 atom stereocenters. The molecule has 1 aromatic carbocycles. The third-order valence-electron chi connectivity index (χ3n) is 2.76. The Bertz CT molecular complexity index is 587. The van der Waals surface area contributed by atoms with Gasteiger partial charge in [-0.25, -0.2) is 17.6 Å². The lowest BCUT2D eigenvalue weighted by Crippen LogP contribution is -2.28. The van der Waals surface area contributed by atoms with Crippen molar-refractivity contribution in [2.75, 3.05) is 6.54 Å². The zero-order valence-electron chi connectivity index (χ0n) is 10.2. The Hall–Kier alpha value is -1.56. The van der Waals surface area contributed by atoms with Gasteiger partial charge >= 0.3 is 0 Å². The van der Waals surface area contributed by atoms with E-state index in [4.69, 9.17) is 0 Å². The smallest absolute Gasteiger partial charge is 0.256 e. The molecular formula is C14H10BrF4N. The Kier molecular flexibility index (Phi) is 4.32. The predicted octanol–water partition coefficient (Wildman–Crippen LogP) is 4.68. The van der Waals surface area contributed by atoms with Crippen LogP contribution in [0.1, 0.15) is 5.56 Å². The summed E-state index contributed by atoms with van der Waals surface area (Å²) < 4.78 is 52.4. The van der Waals surface area contributed by atoms with Crippen LogP contribution in [0.3, 0.4) is 0 Å². The molecule has 106 valence electrons. The molecule has 20 heavy (non-hydrogen) atoms. The molecular weight excluding hydrogens is 338 g/mol. The van der Waals surface area contributed by atoms with Crippen LogP contribution in [0.4, 0.5) is 17.6 Å². The quantitative estimate of drug-likeness (QED) is 0.717. The average molecular weight is 348 g/mol. The van der Waals surface area contributed by atoms with Crippen molar-refractivity contribution < 1.29 is 17.6 Å². The summed E-state index contributed by atoms with van der Waals surface area (Å²) in [5.74, 6) is -1.53. The van der Waals surface area contributed by atoms with Crippen molar-refractivity contribution in [3.05, 3.63) is 64.3 Å². The Labute approximate surface area is 122 Å². The molecule has 6 heteroatoms. The SMILES string of the molecule is C=C1C(Br)=CC=C(c2cc(F)cc(F)c2)N1CC(F)F. The minimum absolute atomic E-state index is 0.181. The molecule has 1 heterocycles. The first kappa shape index (κ1) is 14.8. The van der Waals surface area contributed by atoms with Crippen molar-refractivity contribution in [1.29, 1.82) is 0 Å². The van der Waals surface area contributed by atoms with E-state index in [1.54, 1.807) is 6.08 Å². The molecule has 0 saturated heterocycles. The Balaban J connectivity index is 2.47. The molecule has 2 rings (SSSR count). The second-order valence-corrected chi connectivity index (χ2v) is 5.03. The van der Waals surface area contributed by atoms with Crippen LogP contribution in [0.2, 0.25) is 0 Å². The van der Waals surface area contributed by atoms with Crippen molar-refractivity contribution in [2.45, 2.75) is 6.43 Å². The molecule has 1 aliphatic heterocycles. The molecule has 0 fully saturated rings. The summed E-state index contributed by atoms with van der Waals surface area (Å²) in [6, 6.07) is 2.91. The van der Waals surface area contributed by atoms with Crippen LogP contribution in [0, 0.1) is 11.6 Å². The largest absolute Gasteiger partial charge is 0.335 e. The van der Waals surface area contributed by atoms with Gasteiger partial charge in [-0.3, -0.25) is 0 Å². The summed E-state index contributed by atoms with van der Waals surface area (Å²) in [6.07, 6.45) is 0.504. The Morgan fingerprint density at radius 2 is 1.70 bits per heavy atom. The second-order valence-electron chi connectivity index (χ2n) is 4.17. The fraction of sp³-hybridized carbons (Fsp3) is 0.143. The van der Waals surface area contributed by atoms with Crippen molar-refractivity contribution in [3.63, 3.8) is 0 Å². The van der Waals surface area contributed by atoms with E-state index >= 15 is 0 Å². The number of benzene rings is 1. The minimum atomic E-state index is -2.60. The number of rotatable bonds is 3. The van der Waals surface area contributed by atoms with Crippen LogP contribution < -0.4 is 0 Å². The lowest BCUT2D eigenvalue weighted by Gasteiger charge is -2.31. The molecule has 1 nitrogen and oxygen atoms in total. The first-order valence-corrected chi connectivity index (χ1v) is 6.46. The summed E-state index contributed by atoms with van der Waals surface area (Å²) >= 11 is 3.20. The normalized spacial score (nSPS) is 15.5. The summed E-state index contributed by atoms with van der Waals surface area (Å²) in [5.41, 5.74) is 0.768. The van der Waals surface area contributed by atoms with Crippen LogP contribution in [0.25, 0.3) is 5.70 Å². The third kappa shape index (κ3) is 3.12. The summed E-state index contributed by atoms with van der Waals surface area (Å²) in [5, 5.41) is 0. The summed E-state index contributed by atoms with van der Waals surface area (Å²) in [4.78, 5) is 1.23. The Morgan fingerprint density at radius 3 is 2.25 bits per heavy atom. The zero-order valence-corrected chi connectivity index (χ0v) is 11.8. The third-order valence-corrected chi connectivity index (χ3v) is 3.48. The maximum Gasteiger partial charge on any atom is 0.256 e. The fourth-order valence-corrected chi connectivity index (χ4v) is 2.26. The highest BCUT2D eigenvalue weighted by atomic mass is 79.9. The van der Waals surface area contributed by atoms with Crippen molar-refractivity contribution in [2.24, 2.45) is 0 Å². The maximum atomic E-state index is 13.3. The van der Waals surface area contributed by atoms with Crippen LogP contribution in [0.15, 0.2) is 47.1 Å². The van der Waals surface area contributed by atoms with E-state index in [2.05, 4.69) is 22.5 Å². The Morgan fingerprint density at radius 1 is 1.10 bits per heavy atom. The van der Waals surface area contributed by atoms with E-state index in [0.717, 1.165) is 18.2 Å². The van der Waals surface area contributed by atoms with Crippen molar-refractivity contribution >= 4 is 21.6 Å². The number of hydrogen-bond donors (Lipinski definition) is 0. The van der Waals surface area contributed by atoms with Gasteiger partial charge in [0.2, 0.25) is 0 Å². The highest BCUT2D eigenvalue weighted by Gasteiger charge is 2.23. The van der Waals surface area contributed by atoms with Gasteiger partial charge in [0, 0.05) is 27.5 Å². The van der Waals surface area contributed by atoms with Gasteiger partial charge in [0.15, 0.2) is 0 Å². The van der Waals surface area contributed by atoms with E-state index in [-0.39, 0.29) is 11.3 Å². The molecule has 0 unspecified atom stereocenters. The lowest BCUT2D eigenvalue weighted by molar-refractivity contribution is 0.123. The first-order valence-electron chi connectivity index (χ1n) is 5.67. The van der Waals surface area contributed by atoms with Gasteiger partial charge in [-0.2, -0.15) is 0 Å². The molecule has 0 bridgehead atoms. The molecule has 0 spiro atoms. The fourth-order valence-electron chi connectivity index (χ4n) is 1.91. The number of alkyl halides is 2. The topological polar surface area (TPSA) is 3.24 Å². The molecule has 1 aromatic rings. The van der Waals surface area contributed by atoms with Gasteiger partial charge in [-0.1, -0.05) is 6.58 Å². The highest BCUT2D eigenvalue weighted by molar-refractivity contribution is 9.12. The monoisotopic (exact) mass is 347 g/mol. The van der Waals surface area contributed by atoms with E-state index in [9.17, 15) is 17.6 Å². The van der Waals surface area contributed by atoms with Crippen LogP contribution in [0.5, 0.6) is 0 Å². The van der Waals surface area contributed by atoms with E-state index in [1.807, 2.05) is 0 Å². The standard InChI is InChI=1S/C14H10BrF4N/c1-8-12(15)2-3-13(20(8)7-14(18)19)9-4-10(16)6-11(17)5-9/h2-6,14H,1,7H2. The van der Waals surface area contributed by atoms with Crippen LogP contribution in [-0.4, -0.2) is 17.9 Å². The highest BCUT2D eigenvalue weighted by Crippen LogP contribution is 2.34. The number of allylic oxidation sites excluding steroid dienone is 3. The zero-order chi connectivity index (χ0) is 14.9. The van der Waals surface area contributed by atoms with Gasteiger partial charge in [-0.15, -0.1) is 0 Å². The van der Waals surface area contributed by atoms with Gasteiger partial charge in [0.25, 0.3) is 6.43 Å². The average Bonchev–Trinajstić information content (AvgIpc) is 2.33. The molecule has 0 N–H and O–H groups in total. The second kappa shape index (κ2) is 5.83. The van der Waals surface area contributed by atoms with Gasteiger partial charge in [0.1, 0.15) is 11.6 Å². The maximum absolute atomic E-state index is 13.3. The summed E-state index contributed by atoms with van der Waals surface area (Å²) in [7, 11) is 0. The van der Waals surface area contributed by atoms with E-state index < -0.39 is 24.6 Å². The predicted molar refractivity (Wildman–Crippen MR) is 73.2 cm³/mol. The molecule has 0 amide bonds. The molecule has 0 aromatic heterocycles. The van der Waals surface area contributed by atoms with Crippen molar-refractivity contribution in [3.8, 4) is 0 Å². The lowest BCUT2D eigenvalue weighted by atomic mass is 10.1. The van der Waals surface area contributed by atoms with Gasteiger partial charge < -0.3 is 4.90 Å². The van der Waals surface area contributed by atoms with E-state index in [0.29, 0.717) is 10.2 Å². The molecule has 0 radical (unpaired) electrons. The van der Waals surface area contributed by atoms with E-state index in [1.165, 1.54) is 11.0 Å². The molecule has 0 aliphatic carbocycles. The van der Waals surface area contributed by atoms with Gasteiger partial charge in [0.05, 0.1) is 6.54 Å². The van der Waals surface area contributed by atoms with Gasteiger partial charge in [-0.05, 0) is 40.2 Å². The van der Waals surface area contributed by atoms with Crippen LogP contribution in [-0.2, 0) is 0 Å². The minimum Gasteiger partial charge on any atom is -0.335 e. The number of halogens is 5. The molecule has 0 saturated carbocycles. The van der Waals surface area contributed by atoms with Crippen LogP contribution >= 0.6 is 15.9 Å². The first-order chi connectivity index (χ1) is 9.38. The van der Waals surface area contributed by atoms with Crippen molar-refractivity contribution in [1.82, 2.24) is 4.90 Å². The summed E-state index contributed by atoms with van der Waals surface area (Å²) in [6.45, 7) is 3.09. The number of nitrogens with zero attached hydrogens (tertiary/aromatic N) is 1.